The molecule has 1 aromatic carbocycles. The zero-order valence-corrected chi connectivity index (χ0v) is 12.2. The molecule has 3 rings (SSSR count). The van der Waals surface area contributed by atoms with Crippen LogP contribution in [0.5, 0.6) is 5.75 Å². The number of imide groups is 1. The van der Waals surface area contributed by atoms with Gasteiger partial charge in [0.2, 0.25) is 5.76 Å². The van der Waals surface area contributed by atoms with Gasteiger partial charge in [-0.1, -0.05) is 12.1 Å². The number of benzene rings is 1. The van der Waals surface area contributed by atoms with Crippen molar-refractivity contribution in [3.05, 3.63) is 59.2 Å². The molecule has 2 aromatic rings. The first kappa shape index (κ1) is 15.3. The number of hydrogen-bond acceptors (Lipinski definition) is 5. The summed E-state index contributed by atoms with van der Waals surface area (Å²) in [7, 11) is 0. The van der Waals surface area contributed by atoms with E-state index in [9.17, 15) is 14.4 Å². The number of ether oxygens (including phenoxy) is 1. The number of urea groups is 1. The average Bonchev–Trinajstić information content (AvgIpc) is 3.14. The van der Waals surface area contributed by atoms with E-state index in [0.717, 1.165) is 0 Å². The summed E-state index contributed by atoms with van der Waals surface area (Å²) in [5.74, 6) is -0.823. The van der Waals surface area contributed by atoms with Gasteiger partial charge in [-0.25, -0.2) is 9.59 Å². The molecule has 24 heavy (non-hydrogen) atoms. The highest BCUT2D eigenvalue weighted by Crippen LogP contribution is 2.17. The predicted molar refractivity (Wildman–Crippen MR) is 81.1 cm³/mol. The summed E-state index contributed by atoms with van der Waals surface area (Å²) in [5, 5.41) is 13.3. The Morgan fingerprint density at radius 3 is 2.46 bits per heavy atom. The van der Waals surface area contributed by atoms with Gasteiger partial charge in [-0.15, -0.1) is 0 Å². The van der Waals surface area contributed by atoms with Crippen LogP contribution in [0.2, 0.25) is 0 Å². The van der Waals surface area contributed by atoms with Crippen LogP contribution in [0.1, 0.15) is 21.9 Å². The van der Waals surface area contributed by atoms with Gasteiger partial charge in [-0.2, -0.15) is 0 Å². The second-order valence-electron chi connectivity index (χ2n) is 4.90. The lowest BCUT2D eigenvalue weighted by Crippen LogP contribution is -2.22. The lowest BCUT2D eigenvalue weighted by atomic mass is 10.2. The van der Waals surface area contributed by atoms with E-state index in [2.05, 4.69) is 10.6 Å². The van der Waals surface area contributed by atoms with Gasteiger partial charge in [0, 0.05) is 0 Å². The molecule has 1 saturated heterocycles. The highest BCUT2D eigenvalue weighted by atomic mass is 16.5. The SMILES string of the molecule is O=C1NC(=O)C(=Cc2ccc(OCc3ccc(C(=O)O)o3)cc2)N1. The third kappa shape index (κ3) is 3.43. The maximum Gasteiger partial charge on any atom is 0.371 e. The molecule has 3 N–H and O–H groups in total. The van der Waals surface area contributed by atoms with Gasteiger partial charge in [-0.05, 0) is 35.9 Å². The molecule has 122 valence electrons. The minimum absolute atomic E-state index is 0.0895. The molecule has 0 spiro atoms. The van der Waals surface area contributed by atoms with E-state index in [1.54, 1.807) is 24.3 Å². The van der Waals surface area contributed by atoms with Gasteiger partial charge in [0.15, 0.2) is 0 Å². The van der Waals surface area contributed by atoms with Gasteiger partial charge in [0.1, 0.15) is 23.8 Å². The van der Waals surface area contributed by atoms with Crippen molar-refractivity contribution < 1.29 is 28.6 Å². The molecule has 0 aliphatic carbocycles. The van der Waals surface area contributed by atoms with Crippen molar-refractivity contribution in [2.45, 2.75) is 6.61 Å². The molecule has 1 fully saturated rings. The first-order chi connectivity index (χ1) is 11.5. The Morgan fingerprint density at radius 1 is 1.12 bits per heavy atom. The average molecular weight is 328 g/mol. The summed E-state index contributed by atoms with van der Waals surface area (Å²) < 4.78 is 10.6. The molecule has 1 aromatic heterocycles. The summed E-state index contributed by atoms with van der Waals surface area (Å²) in [6.45, 7) is 0.0895. The molecule has 8 nitrogen and oxygen atoms in total. The fraction of sp³-hybridized carbons (Fsp3) is 0.0625. The van der Waals surface area contributed by atoms with E-state index >= 15 is 0 Å². The van der Waals surface area contributed by atoms with E-state index in [1.165, 1.54) is 18.2 Å². The minimum Gasteiger partial charge on any atom is -0.486 e. The highest BCUT2D eigenvalue weighted by Gasteiger charge is 2.22. The summed E-state index contributed by atoms with van der Waals surface area (Å²) in [4.78, 5) is 33.2. The summed E-state index contributed by atoms with van der Waals surface area (Å²) in [6.07, 6.45) is 1.54. The van der Waals surface area contributed by atoms with E-state index in [0.29, 0.717) is 17.1 Å². The summed E-state index contributed by atoms with van der Waals surface area (Å²) in [5.41, 5.74) is 0.881. The maximum atomic E-state index is 11.4. The molecule has 1 aliphatic heterocycles. The van der Waals surface area contributed by atoms with Crippen LogP contribution in [0, 0.1) is 0 Å². The van der Waals surface area contributed by atoms with Crippen LogP contribution in [0.15, 0.2) is 46.5 Å². The lowest BCUT2D eigenvalue weighted by molar-refractivity contribution is -0.115. The molecule has 1 aliphatic rings. The Hall–Kier alpha value is -3.55. The number of amides is 3. The van der Waals surface area contributed by atoms with Crippen molar-refractivity contribution in [1.29, 1.82) is 0 Å². The second kappa shape index (κ2) is 6.29. The van der Waals surface area contributed by atoms with Gasteiger partial charge in [0.25, 0.3) is 5.91 Å². The van der Waals surface area contributed by atoms with Crippen LogP contribution in [-0.2, 0) is 11.4 Å². The normalized spacial score (nSPS) is 15.2. The quantitative estimate of drug-likeness (QED) is 0.568. The maximum absolute atomic E-state index is 11.4. The minimum atomic E-state index is -1.14. The molecule has 0 bridgehead atoms. The standard InChI is InChI=1S/C16H12N2O6/c19-14-12(17-16(22)18-14)7-9-1-3-10(4-2-9)23-8-11-5-6-13(24-11)15(20)21/h1-7H,8H2,(H,20,21)(H2,17,18,19,22). The number of hydrogen-bond donors (Lipinski definition) is 3. The van der Waals surface area contributed by atoms with Crippen molar-refractivity contribution >= 4 is 24.0 Å². The van der Waals surface area contributed by atoms with Crippen molar-refractivity contribution in [1.82, 2.24) is 10.6 Å². The van der Waals surface area contributed by atoms with E-state index in [1.807, 2.05) is 0 Å². The number of nitrogens with one attached hydrogen (secondary N) is 2. The zero-order chi connectivity index (χ0) is 17.1. The largest absolute Gasteiger partial charge is 0.486 e. The van der Waals surface area contributed by atoms with Crippen LogP contribution >= 0.6 is 0 Å². The third-order valence-corrected chi connectivity index (χ3v) is 3.16. The molecule has 3 amide bonds. The number of carboxylic acids is 1. The Morgan fingerprint density at radius 2 is 1.88 bits per heavy atom. The lowest BCUT2D eigenvalue weighted by Gasteiger charge is -2.04. The van der Waals surface area contributed by atoms with Crippen LogP contribution in [0.4, 0.5) is 4.79 Å². The zero-order valence-electron chi connectivity index (χ0n) is 12.2. The van der Waals surface area contributed by atoms with Crippen LogP contribution in [0.3, 0.4) is 0 Å². The molecular weight excluding hydrogens is 316 g/mol. The molecule has 0 radical (unpaired) electrons. The number of furan rings is 1. The van der Waals surface area contributed by atoms with Gasteiger partial charge < -0.3 is 19.6 Å². The number of rotatable bonds is 5. The first-order valence-electron chi connectivity index (χ1n) is 6.90. The van der Waals surface area contributed by atoms with Crippen molar-refractivity contribution in [3.8, 4) is 5.75 Å². The molecule has 0 saturated carbocycles. The van der Waals surface area contributed by atoms with Crippen molar-refractivity contribution in [3.63, 3.8) is 0 Å². The first-order valence-corrected chi connectivity index (χ1v) is 6.90. The molecule has 2 heterocycles. The van der Waals surface area contributed by atoms with Gasteiger partial charge in [0.05, 0.1) is 0 Å². The van der Waals surface area contributed by atoms with Crippen molar-refractivity contribution in [2.75, 3.05) is 0 Å². The number of carboxylic acid groups (broad SMARTS) is 1. The number of carbonyl (C=O) groups is 3. The van der Waals surface area contributed by atoms with Crippen LogP contribution in [0.25, 0.3) is 6.08 Å². The summed E-state index contributed by atoms with van der Waals surface area (Å²) in [6, 6.07) is 9.13. The number of aromatic carboxylic acids is 1. The topological polar surface area (TPSA) is 118 Å². The van der Waals surface area contributed by atoms with Gasteiger partial charge >= 0.3 is 12.0 Å². The fourth-order valence-electron chi connectivity index (χ4n) is 2.03. The second-order valence-corrected chi connectivity index (χ2v) is 4.90. The van der Waals surface area contributed by atoms with Crippen molar-refractivity contribution in [2.24, 2.45) is 0 Å². The molecular formula is C16H12N2O6. The fourth-order valence-corrected chi connectivity index (χ4v) is 2.03. The van der Waals surface area contributed by atoms with Crippen LogP contribution in [-0.4, -0.2) is 23.0 Å². The Balaban J connectivity index is 1.62. The smallest absolute Gasteiger partial charge is 0.371 e. The Kier molecular flexibility index (Phi) is 4.02. The van der Waals surface area contributed by atoms with Gasteiger partial charge in [-0.3, -0.25) is 10.1 Å². The predicted octanol–water partition coefficient (Wildman–Crippen LogP) is 1.74. The van der Waals surface area contributed by atoms with E-state index in [4.69, 9.17) is 14.3 Å². The van der Waals surface area contributed by atoms with E-state index < -0.39 is 17.9 Å². The molecule has 8 heteroatoms. The number of carbonyl (C=O) groups excluding carboxylic acids is 2. The summed E-state index contributed by atoms with van der Waals surface area (Å²) >= 11 is 0. The third-order valence-electron chi connectivity index (χ3n) is 3.16. The van der Waals surface area contributed by atoms with E-state index in [-0.39, 0.29) is 18.1 Å². The van der Waals surface area contributed by atoms with Crippen LogP contribution < -0.4 is 15.4 Å². The molecule has 0 atom stereocenters. The Bertz CT molecular complexity index is 835. The monoisotopic (exact) mass is 328 g/mol. The molecule has 0 unspecified atom stereocenters. The highest BCUT2D eigenvalue weighted by molar-refractivity contribution is 6.13. The Labute approximate surface area is 135 Å².